The summed E-state index contributed by atoms with van der Waals surface area (Å²) in [5.74, 6) is 3.07. The molecule has 0 saturated heterocycles. The normalized spacial score (nSPS) is 12.0. The molecule has 1 aromatic heterocycles. The van der Waals surface area contributed by atoms with Gasteiger partial charge in [0.05, 0.1) is 12.0 Å². The summed E-state index contributed by atoms with van der Waals surface area (Å²) in [6.45, 7) is 8.57. The predicted octanol–water partition coefficient (Wildman–Crippen LogP) is 2.52. The average Bonchev–Trinajstić information content (AvgIpc) is 2.47. The van der Waals surface area contributed by atoms with Gasteiger partial charge >= 0.3 is 0 Å². The second-order valence-corrected chi connectivity index (χ2v) is 5.96. The van der Waals surface area contributed by atoms with Crippen molar-refractivity contribution in [1.82, 2.24) is 9.55 Å². The summed E-state index contributed by atoms with van der Waals surface area (Å²) in [4.78, 5) is 4.38. The molecule has 3 nitrogen and oxygen atoms in total. The number of anilines is 1. The topological polar surface area (TPSA) is 43.8 Å². The molecule has 0 atom stereocenters. The standard InChI is InChI=1S/C11H21N3S/c1-5-15-7-6-9-10(12)14(8-13-9)11(2,3)4/h8H,5-7,12H2,1-4H3. The van der Waals surface area contributed by atoms with E-state index in [4.69, 9.17) is 5.73 Å². The van der Waals surface area contributed by atoms with Gasteiger partial charge in [-0.3, -0.25) is 0 Å². The van der Waals surface area contributed by atoms with Crippen LogP contribution in [0.3, 0.4) is 0 Å². The molecule has 0 radical (unpaired) electrons. The van der Waals surface area contributed by atoms with Crippen LogP contribution in [0.25, 0.3) is 0 Å². The Balaban J connectivity index is 2.72. The highest BCUT2D eigenvalue weighted by atomic mass is 32.2. The number of hydrogen-bond donors (Lipinski definition) is 1. The molecule has 1 heterocycles. The van der Waals surface area contributed by atoms with Crippen LogP contribution >= 0.6 is 11.8 Å². The fraction of sp³-hybridized carbons (Fsp3) is 0.727. The summed E-state index contributed by atoms with van der Waals surface area (Å²) in [7, 11) is 0. The first-order valence-corrected chi connectivity index (χ1v) is 6.52. The number of thioether (sulfide) groups is 1. The molecule has 86 valence electrons. The fourth-order valence-electron chi connectivity index (χ4n) is 1.44. The molecule has 0 spiro atoms. The Morgan fingerprint density at radius 2 is 2.13 bits per heavy atom. The van der Waals surface area contributed by atoms with Gasteiger partial charge in [-0.15, -0.1) is 0 Å². The SMILES string of the molecule is CCSCCc1ncn(C(C)(C)C)c1N. The van der Waals surface area contributed by atoms with E-state index in [0.717, 1.165) is 29.4 Å². The van der Waals surface area contributed by atoms with Crippen molar-refractivity contribution in [2.75, 3.05) is 17.2 Å². The van der Waals surface area contributed by atoms with Crippen molar-refractivity contribution >= 4 is 17.6 Å². The highest BCUT2D eigenvalue weighted by Gasteiger charge is 2.17. The van der Waals surface area contributed by atoms with Crippen molar-refractivity contribution in [1.29, 1.82) is 0 Å². The minimum Gasteiger partial charge on any atom is -0.384 e. The molecule has 4 heteroatoms. The largest absolute Gasteiger partial charge is 0.384 e. The van der Waals surface area contributed by atoms with Crippen LogP contribution in [-0.4, -0.2) is 21.1 Å². The van der Waals surface area contributed by atoms with E-state index in [0.29, 0.717) is 0 Å². The third-order valence-corrected chi connectivity index (χ3v) is 3.20. The van der Waals surface area contributed by atoms with Gasteiger partial charge in [-0.2, -0.15) is 11.8 Å². The van der Waals surface area contributed by atoms with Crippen LogP contribution in [0.2, 0.25) is 0 Å². The Hall–Kier alpha value is -0.640. The molecule has 0 saturated carbocycles. The number of hydrogen-bond acceptors (Lipinski definition) is 3. The lowest BCUT2D eigenvalue weighted by atomic mass is 10.1. The molecule has 0 bridgehead atoms. The smallest absolute Gasteiger partial charge is 0.127 e. The molecule has 0 aliphatic rings. The second-order valence-electron chi connectivity index (χ2n) is 4.56. The zero-order valence-electron chi connectivity index (χ0n) is 10.1. The molecule has 0 unspecified atom stereocenters. The van der Waals surface area contributed by atoms with Crippen LogP contribution in [0, 0.1) is 0 Å². The third kappa shape index (κ3) is 3.16. The summed E-state index contributed by atoms with van der Waals surface area (Å²) in [5, 5.41) is 0. The zero-order valence-corrected chi connectivity index (χ0v) is 10.9. The van der Waals surface area contributed by atoms with Crippen molar-refractivity contribution in [3.8, 4) is 0 Å². The van der Waals surface area contributed by atoms with Gasteiger partial charge in [0.15, 0.2) is 0 Å². The lowest BCUT2D eigenvalue weighted by Gasteiger charge is -2.22. The maximum Gasteiger partial charge on any atom is 0.127 e. The minimum atomic E-state index is 0.0211. The highest BCUT2D eigenvalue weighted by Crippen LogP contribution is 2.22. The van der Waals surface area contributed by atoms with Gasteiger partial charge in [0.2, 0.25) is 0 Å². The van der Waals surface area contributed by atoms with Crippen LogP contribution in [0.15, 0.2) is 6.33 Å². The van der Waals surface area contributed by atoms with Gasteiger partial charge in [-0.25, -0.2) is 4.98 Å². The Morgan fingerprint density at radius 3 is 2.60 bits per heavy atom. The monoisotopic (exact) mass is 227 g/mol. The molecule has 2 N–H and O–H groups in total. The van der Waals surface area contributed by atoms with Crippen molar-refractivity contribution in [3.05, 3.63) is 12.0 Å². The summed E-state index contributed by atoms with van der Waals surface area (Å²) in [6.07, 6.45) is 2.81. The molecule has 1 rings (SSSR count). The first kappa shape index (κ1) is 12.4. The molecule has 0 aromatic carbocycles. The van der Waals surface area contributed by atoms with E-state index in [1.54, 1.807) is 0 Å². The molecule has 0 aliphatic heterocycles. The molecule has 0 fully saturated rings. The second kappa shape index (κ2) is 4.92. The Morgan fingerprint density at radius 1 is 1.47 bits per heavy atom. The maximum atomic E-state index is 6.06. The Kier molecular flexibility index (Phi) is 4.08. The van der Waals surface area contributed by atoms with Crippen LogP contribution in [0.5, 0.6) is 0 Å². The average molecular weight is 227 g/mol. The number of imidazole rings is 1. The molecule has 0 aliphatic carbocycles. The number of nitrogens with two attached hydrogens (primary N) is 1. The number of aryl methyl sites for hydroxylation is 1. The van der Waals surface area contributed by atoms with E-state index in [9.17, 15) is 0 Å². The fourth-order valence-corrected chi connectivity index (χ4v) is 2.06. The van der Waals surface area contributed by atoms with E-state index in [1.165, 1.54) is 0 Å². The Labute approximate surface area is 96.5 Å². The van der Waals surface area contributed by atoms with Crippen molar-refractivity contribution < 1.29 is 0 Å². The lowest BCUT2D eigenvalue weighted by Crippen LogP contribution is -2.22. The molecular weight excluding hydrogens is 206 g/mol. The van der Waals surface area contributed by atoms with Crippen LogP contribution in [-0.2, 0) is 12.0 Å². The minimum absolute atomic E-state index is 0.0211. The van der Waals surface area contributed by atoms with Gasteiger partial charge in [0.25, 0.3) is 0 Å². The maximum absolute atomic E-state index is 6.06. The number of nitrogens with zero attached hydrogens (tertiary/aromatic N) is 2. The first-order valence-electron chi connectivity index (χ1n) is 5.36. The summed E-state index contributed by atoms with van der Waals surface area (Å²) < 4.78 is 2.04. The summed E-state index contributed by atoms with van der Waals surface area (Å²) in [5.41, 5.74) is 7.12. The number of rotatable bonds is 4. The van der Waals surface area contributed by atoms with Gasteiger partial charge in [0, 0.05) is 12.0 Å². The zero-order chi connectivity index (χ0) is 11.5. The van der Waals surface area contributed by atoms with Crippen molar-refractivity contribution in [3.63, 3.8) is 0 Å². The van der Waals surface area contributed by atoms with Crippen LogP contribution in [0.4, 0.5) is 5.82 Å². The Bertz CT molecular complexity index is 312. The number of aromatic nitrogens is 2. The quantitative estimate of drug-likeness (QED) is 0.804. The molecule has 1 aromatic rings. The third-order valence-electron chi connectivity index (χ3n) is 2.29. The van der Waals surface area contributed by atoms with Gasteiger partial charge in [0.1, 0.15) is 5.82 Å². The van der Waals surface area contributed by atoms with E-state index >= 15 is 0 Å². The van der Waals surface area contributed by atoms with Crippen molar-refractivity contribution in [2.24, 2.45) is 0 Å². The van der Waals surface area contributed by atoms with E-state index < -0.39 is 0 Å². The van der Waals surface area contributed by atoms with E-state index in [2.05, 4.69) is 32.7 Å². The predicted molar refractivity (Wildman–Crippen MR) is 68.3 cm³/mol. The van der Waals surface area contributed by atoms with Crippen molar-refractivity contribution in [2.45, 2.75) is 39.7 Å². The molecule has 15 heavy (non-hydrogen) atoms. The van der Waals surface area contributed by atoms with Gasteiger partial charge in [-0.05, 0) is 32.3 Å². The van der Waals surface area contributed by atoms with Crippen LogP contribution < -0.4 is 5.73 Å². The van der Waals surface area contributed by atoms with E-state index in [-0.39, 0.29) is 5.54 Å². The highest BCUT2D eigenvalue weighted by molar-refractivity contribution is 7.99. The van der Waals surface area contributed by atoms with Crippen LogP contribution in [0.1, 0.15) is 33.4 Å². The summed E-state index contributed by atoms with van der Waals surface area (Å²) >= 11 is 1.92. The first-order chi connectivity index (χ1) is 6.96. The van der Waals surface area contributed by atoms with E-state index in [1.807, 2.05) is 22.7 Å². The lowest BCUT2D eigenvalue weighted by molar-refractivity contribution is 0.402. The molecular formula is C11H21N3S. The number of nitrogen functional groups attached to an aromatic ring is 1. The molecule has 0 amide bonds. The van der Waals surface area contributed by atoms with Gasteiger partial charge in [-0.1, -0.05) is 6.92 Å². The summed E-state index contributed by atoms with van der Waals surface area (Å²) in [6, 6.07) is 0. The van der Waals surface area contributed by atoms with Gasteiger partial charge < -0.3 is 10.3 Å².